The average molecular weight is 401 g/mol. The van der Waals surface area contributed by atoms with Crippen molar-refractivity contribution in [1.82, 2.24) is 5.32 Å². The number of rotatable bonds is 7. The summed E-state index contributed by atoms with van der Waals surface area (Å²) in [5.74, 6) is -0.347. The van der Waals surface area contributed by atoms with Crippen LogP contribution in [0.15, 0.2) is 53.4 Å². The van der Waals surface area contributed by atoms with Gasteiger partial charge >= 0.3 is 0 Å². The van der Waals surface area contributed by atoms with E-state index >= 15 is 0 Å². The molecule has 0 aromatic heterocycles. The number of sulfonamides is 1. The van der Waals surface area contributed by atoms with E-state index in [-0.39, 0.29) is 22.5 Å². The number of benzene rings is 2. The van der Waals surface area contributed by atoms with Gasteiger partial charge in [-0.3, -0.25) is 19.6 Å². The van der Waals surface area contributed by atoms with E-state index in [0.717, 1.165) is 23.5 Å². The van der Waals surface area contributed by atoms with Crippen molar-refractivity contribution in [2.24, 2.45) is 0 Å². The number of anilines is 1. The normalized spacial score (nSPS) is 16.9. The van der Waals surface area contributed by atoms with Crippen LogP contribution in [0.5, 0.6) is 0 Å². The molecule has 2 amide bonds. The molecule has 1 aliphatic rings. The fraction of sp³-hybridized carbons (Fsp3) is 0.222. The molecule has 1 saturated heterocycles. The molecule has 0 aliphatic carbocycles. The summed E-state index contributed by atoms with van der Waals surface area (Å²) in [6, 6.07) is 13.5. The molecule has 1 heterocycles. The molecule has 1 atom stereocenters. The monoisotopic (exact) mass is 401 g/mol. The summed E-state index contributed by atoms with van der Waals surface area (Å²) in [6.45, 7) is 2.03. The third kappa shape index (κ3) is 4.93. The lowest BCUT2D eigenvalue weighted by atomic mass is 9.68. The first-order valence-corrected chi connectivity index (χ1v) is 10.8. The van der Waals surface area contributed by atoms with Crippen LogP contribution in [0.4, 0.5) is 10.5 Å². The zero-order chi connectivity index (χ0) is 19.4. The Hall–Kier alpha value is -2.26. The lowest BCUT2D eigenvalue weighted by Gasteiger charge is -2.11. The van der Waals surface area contributed by atoms with Crippen molar-refractivity contribution in [3.05, 3.63) is 54.1 Å². The Balaban J connectivity index is 1.74. The van der Waals surface area contributed by atoms with Crippen LogP contribution in [-0.2, 0) is 21.2 Å². The van der Waals surface area contributed by atoms with Crippen molar-refractivity contribution in [2.75, 3.05) is 4.72 Å². The van der Waals surface area contributed by atoms with Gasteiger partial charge in [0.25, 0.3) is 15.3 Å². The Bertz CT molecular complexity index is 962. The highest BCUT2D eigenvalue weighted by molar-refractivity contribution is 8.15. The van der Waals surface area contributed by atoms with E-state index in [9.17, 15) is 18.0 Å². The van der Waals surface area contributed by atoms with Crippen LogP contribution in [0.1, 0.15) is 12.5 Å². The highest BCUT2D eigenvalue weighted by Crippen LogP contribution is 2.24. The summed E-state index contributed by atoms with van der Waals surface area (Å²) in [7, 11) is -1.71. The number of imide groups is 1. The molecule has 2 aromatic carbocycles. The lowest BCUT2D eigenvalue weighted by Crippen LogP contribution is -2.25. The van der Waals surface area contributed by atoms with Gasteiger partial charge < -0.3 is 0 Å². The minimum absolute atomic E-state index is 0.110. The number of nitrogens with one attached hydrogen (secondary N) is 2. The number of carbonyl (C=O) groups is 2. The van der Waals surface area contributed by atoms with E-state index in [1.54, 1.807) is 24.3 Å². The molecule has 0 bridgehead atoms. The van der Waals surface area contributed by atoms with E-state index < -0.39 is 15.3 Å². The first kappa shape index (κ1) is 19.5. The predicted molar refractivity (Wildman–Crippen MR) is 108 cm³/mol. The van der Waals surface area contributed by atoms with Gasteiger partial charge in [0.15, 0.2) is 7.28 Å². The van der Waals surface area contributed by atoms with E-state index in [1.807, 2.05) is 26.3 Å². The molecule has 0 spiro atoms. The molecule has 2 N–H and O–H groups in total. The van der Waals surface area contributed by atoms with Crippen molar-refractivity contribution in [2.45, 2.75) is 29.8 Å². The van der Waals surface area contributed by atoms with E-state index in [1.165, 1.54) is 12.1 Å². The molecule has 27 heavy (non-hydrogen) atoms. The first-order valence-electron chi connectivity index (χ1n) is 8.44. The van der Waals surface area contributed by atoms with Crippen LogP contribution < -0.4 is 15.5 Å². The fourth-order valence-corrected chi connectivity index (χ4v) is 4.71. The van der Waals surface area contributed by atoms with Gasteiger partial charge in [0, 0.05) is 5.69 Å². The van der Waals surface area contributed by atoms with Crippen LogP contribution in [0.2, 0.25) is 6.32 Å². The van der Waals surface area contributed by atoms with Gasteiger partial charge in [-0.25, -0.2) is 8.42 Å². The largest absolute Gasteiger partial charge is 0.286 e. The smallest absolute Gasteiger partial charge is 0.286 e. The Morgan fingerprint density at radius 3 is 2.52 bits per heavy atom. The van der Waals surface area contributed by atoms with Crippen molar-refractivity contribution < 1.29 is 18.0 Å². The van der Waals surface area contributed by atoms with Gasteiger partial charge in [-0.2, -0.15) is 0 Å². The lowest BCUT2D eigenvalue weighted by molar-refractivity contribution is -0.118. The standard InChI is InChI=1S/C18H18BN2O4S2/c1-2-19-13-6-8-14(9-7-13)21-27(24,25)15-5-3-4-12(10-15)11-16-17(22)20-18(23)26-16/h3-10,16,21H,2,11H2,1H3,(H,20,22,23). The van der Waals surface area contributed by atoms with Gasteiger partial charge in [0.05, 0.1) is 10.1 Å². The molecule has 3 rings (SSSR count). The molecule has 2 aromatic rings. The molecular weight excluding hydrogens is 383 g/mol. The molecule has 1 aliphatic heterocycles. The molecule has 9 heteroatoms. The maximum atomic E-state index is 12.7. The van der Waals surface area contributed by atoms with Gasteiger partial charge in [-0.1, -0.05) is 54.7 Å². The number of amides is 2. The fourth-order valence-electron chi connectivity index (χ4n) is 2.72. The minimum atomic E-state index is -3.75. The van der Waals surface area contributed by atoms with Crippen molar-refractivity contribution in [3.63, 3.8) is 0 Å². The third-order valence-electron chi connectivity index (χ3n) is 4.00. The van der Waals surface area contributed by atoms with Crippen LogP contribution in [0.3, 0.4) is 0 Å². The Labute approximate surface area is 163 Å². The second-order valence-corrected chi connectivity index (χ2v) is 8.93. The van der Waals surface area contributed by atoms with Crippen LogP contribution in [0, 0.1) is 0 Å². The van der Waals surface area contributed by atoms with Gasteiger partial charge in [0.1, 0.15) is 0 Å². The molecule has 1 radical (unpaired) electrons. The molecule has 1 unspecified atom stereocenters. The second-order valence-electron chi connectivity index (χ2n) is 6.07. The predicted octanol–water partition coefficient (Wildman–Crippen LogP) is 2.15. The maximum absolute atomic E-state index is 12.7. The van der Waals surface area contributed by atoms with Gasteiger partial charge in [-0.15, -0.1) is 0 Å². The Kier molecular flexibility index (Phi) is 5.91. The summed E-state index contributed by atoms with van der Waals surface area (Å²) >= 11 is 0.922. The minimum Gasteiger partial charge on any atom is -0.286 e. The van der Waals surface area contributed by atoms with E-state index in [4.69, 9.17) is 0 Å². The molecule has 139 valence electrons. The van der Waals surface area contributed by atoms with E-state index in [2.05, 4.69) is 10.0 Å². The summed E-state index contributed by atoms with van der Waals surface area (Å²) in [6.07, 6.45) is 1.19. The zero-order valence-corrected chi connectivity index (χ0v) is 16.3. The highest BCUT2D eigenvalue weighted by atomic mass is 32.2. The number of hydrogen-bond donors (Lipinski definition) is 2. The summed E-state index contributed by atoms with van der Waals surface area (Å²) in [4.78, 5) is 23.1. The van der Waals surface area contributed by atoms with E-state index in [0.29, 0.717) is 11.3 Å². The Morgan fingerprint density at radius 1 is 1.15 bits per heavy atom. The van der Waals surface area contributed by atoms with Crippen molar-refractivity contribution >= 4 is 51.4 Å². The number of carbonyl (C=O) groups excluding carboxylic acids is 2. The molecule has 6 nitrogen and oxygen atoms in total. The summed E-state index contributed by atoms with van der Waals surface area (Å²) in [5.41, 5.74) is 2.18. The SMILES string of the molecule is CC[B]c1ccc(NS(=O)(=O)c2cccc(CC3SC(=O)NC3=O)c2)cc1. The maximum Gasteiger partial charge on any atom is 0.286 e. The van der Waals surface area contributed by atoms with Gasteiger partial charge in [-0.05, 0) is 36.2 Å². The summed E-state index contributed by atoms with van der Waals surface area (Å²) in [5, 5.41) is 1.32. The molecule has 1 fully saturated rings. The van der Waals surface area contributed by atoms with Crippen LogP contribution in [0.25, 0.3) is 0 Å². The topological polar surface area (TPSA) is 92.3 Å². The third-order valence-corrected chi connectivity index (χ3v) is 6.36. The number of hydrogen-bond acceptors (Lipinski definition) is 5. The molecular formula is C18H18BN2O4S2. The second kappa shape index (κ2) is 8.18. The highest BCUT2D eigenvalue weighted by Gasteiger charge is 2.31. The number of thioether (sulfide) groups is 1. The summed E-state index contributed by atoms with van der Waals surface area (Å²) < 4.78 is 27.9. The van der Waals surface area contributed by atoms with Crippen molar-refractivity contribution in [3.8, 4) is 0 Å². The quantitative estimate of drug-likeness (QED) is 0.694. The first-order chi connectivity index (χ1) is 12.9. The van der Waals surface area contributed by atoms with Crippen LogP contribution in [-0.4, -0.2) is 32.1 Å². The molecule has 0 saturated carbocycles. The Morgan fingerprint density at radius 2 is 1.89 bits per heavy atom. The zero-order valence-electron chi connectivity index (χ0n) is 14.6. The van der Waals surface area contributed by atoms with Crippen molar-refractivity contribution in [1.29, 1.82) is 0 Å². The average Bonchev–Trinajstić information content (AvgIpc) is 2.94. The van der Waals surface area contributed by atoms with Gasteiger partial charge in [0.2, 0.25) is 5.91 Å². The van der Waals surface area contributed by atoms with Crippen LogP contribution >= 0.6 is 11.8 Å².